The van der Waals surface area contributed by atoms with Gasteiger partial charge in [0.25, 0.3) is 5.69 Å². The van der Waals surface area contributed by atoms with E-state index < -0.39 is 0 Å². The second kappa shape index (κ2) is 5.83. The van der Waals surface area contributed by atoms with E-state index in [0.29, 0.717) is 6.04 Å². The van der Waals surface area contributed by atoms with Gasteiger partial charge in [-0.05, 0) is 54.6 Å². The number of hydrogen-bond donors (Lipinski definition) is 1. The van der Waals surface area contributed by atoms with Crippen molar-refractivity contribution in [2.45, 2.75) is 18.9 Å². The molecule has 0 saturated carbocycles. The summed E-state index contributed by atoms with van der Waals surface area (Å²) in [6, 6.07) is 5.83. The number of nitrogens with zero attached hydrogens (tertiary/aromatic N) is 2. The van der Waals surface area contributed by atoms with Crippen molar-refractivity contribution >= 4 is 34.0 Å². The highest BCUT2D eigenvalue weighted by molar-refractivity contribution is 14.1. The number of halogens is 1. The third kappa shape index (κ3) is 2.92. The Bertz CT molecular complexity index is 453. The first-order valence-electron chi connectivity index (χ1n) is 5.98. The van der Waals surface area contributed by atoms with Crippen molar-refractivity contribution in [3.8, 4) is 0 Å². The van der Waals surface area contributed by atoms with Gasteiger partial charge in [0.15, 0.2) is 0 Å². The zero-order chi connectivity index (χ0) is 13.1. The fraction of sp³-hybridized carbons (Fsp3) is 0.500. The molecule has 0 bridgehead atoms. The Morgan fingerprint density at radius 1 is 1.56 bits per heavy atom. The van der Waals surface area contributed by atoms with Gasteiger partial charge in [-0.3, -0.25) is 10.1 Å². The van der Waals surface area contributed by atoms with E-state index in [1.807, 2.05) is 19.2 Å². The summed E-state index contributed by atoms with van der Waals surface area (Å²) in [7, 11) is 1.94. The van der Waals surface area contributed by atoms with Gasteiger partial charge in [0.2, 0.25) is 0 Å². The van der Waals surface area contributed by atoms with Crippen LogP contribution in [-0.4, -0.2) is 31.1 Å². The van der Waals surface area contributed by atoms with Crippen LogP contribution in [0.2, 0.25) is 0 Å². The van der Waals surface area contributed by atoms with Gasteiger partial charge in [-0.2, -0.15) is 0 Å². The molecular formula is C12H16IN3O2. The van der Waals surface area contributed by atoms with Crippen molar-refractivity contribution in [2.24, 2.45) is 0 Å². The molecule has 0 aromatic heterocycles. The maximum atomic E-state index is 11.1. The number of benzene rings is 1. The molecule has 1 aliphatic heterocycles. The third-order valence-corrected chi connectivity index (χ3v) is 3.98. The zero-order valence-electron chi connectivity index (χ0n) is 10.2. The van der Waals surface area contributed by atoms with Crippen LogP contribution >= 0.6 is 22.6 Å². The Kier molecular flexibility index (Phi) is 4.39. The van der Waals surface area contributed by atoms with Gasteiger partial charge in [-0.25, -0.2) is 0 Å². The predicted octanol–water partition coefficient (Wildman–Crippen LogP) is 2.39. The first kappa shape index (κ1) is 13.5. The Balaban J connectivity index is 2.29. The minimum Gasteiger partial charge on any atom is -0.364 e. The summed E-state index contributed by atoms with van der Waals surface area (Å²) in [5.74, 6) is 0. The fourth-order valence-corrected chi connectivity index (χ4v) is 2.82. The first-order chi connectivity index (χ1) is 8.61. The van der Waals surface area contributed by atoms with Gasteiger partial charge >= 0.3 is 0 Å². The van der Waals surface area contributed by atoms with Crippen molar-refractivity contribution in [2.75, 3.05) is 25.0 Å². The minimum absolute atomic E-state index is 0.207. The maximum Gasteiger partial charge on any atom is 0.293 e. The molecule has 1 atom stereocenters. The van der Waals surface area contributed by atoms with E-state index in [2.05, 4.69) is 32.8 Å². The van der Waals surface area contributed by atoms with Gasteiger partial charge in [0, 0.05) is 28.8 Å². The second-order valence-electron chi connectivity index (χ2n) is 4.46. The molecule has 1 aliphatic rings. The van der Waals surface area contributed by atoms with E-state index in [9.17, 15) is 10.1 Å². The average molecular weight is 361 g/mol. The van der Waals surface area contributed by atoms with Crippen molar-refractivity contribution in [3.63, 3.8) is 0 Å². The summed E-state index contributed by atoms with van der Waals surface area (Å²) in [4.78, 5) is 12.9. The van der Waals surface area contributed by atoms with E-state index in [4.69, 9.17) is 0 Å². The standard InChI is InChI=1S/C12H16IN3O2/c1-14-10-3-2-6-15(8-10)11-5-4-9(13)7-12(11)16(17)18/h4-5,7,10,14H,2-3,6,8H2,1H3. The summed E-state index contributed by atoms with van der Waals surface area (Å²) in [5, 5.41) is 14.4. The fourth-order valence-electron chi connectivity index (χ4n) is 2.34. The molecule has 1 N–H and O–H groups in total. The molecule has 5 nitrogen and oxygen atoms in total. The lowest BCUT2D eigenvalue weighted by Gasteiger charge is -2.33. The number of likely N-dealkylation sites (N-methyl/N-ethyl adjacent to an activating group) is 1. The molecule has 98 valence electrons. The summed E-state index contributed by atoms with van der Waals surface area (Å²) in [6.45, 7) is 1.72. The highest BCUT2D eigenvalue weighted by atomic mass is 127. The number of rotatable bonds is 3. The number of hydrogen-bond acceptors (Lipinski definition) is 4. The molecule has 2 rings (SSSR count). The van der Waals surface area contributed by atoms with Crippen LogP contribution in [-0.2, 0) is 0 Å². The largest absolute Gasteiger partial charge is 0.364 e. The number of anilines is 1. The quantitative estimate of drug-likeness (QED) is 0.510. The van der Waals surface area contributed by atoms with Crippen LogP contribution in [0.15, 0.2) is 18.2 Å². The van der Waals surface area contributed by atoms with Crippen molar-refractivity contribution in [3.05, 3.63) is 31.9 Å². The normalized spacial score (nSPS) is 19.9. The van der Waals surface area contributed by atoms with E-state index >= 15 is 0 Å². The van der Waals surface area contributed by atoms with Crippen LogP contribution in [0.4, 0.5) is 11.4 Å². The van der Waals surface area contributed by atoms with Crippen LogP contribution in [0, 0.1) is 13.7 Å². The highest BCUT2D eigenvalue weighted by Crippen LogP contribution is 2.31. The van der Waals surface area contributed by atoms with Crippen molar-refractivity contribution < 1.29 is 4.92 Å². The number of nitro groups is 1. The lowest BCUT2D eigenvalue weighted by atomic mass is 10.0. The Hall–Kier alpha value is -0.890. The molecule has 0 amide bonds. The van der Waals surface area contributed by atoms with Gasteiger partial charge in [-0.1, -0.05) is 0 Å². The molecule has 0 aliphatic carbocycles. The molecule has 1 unspecified atom stereocenters. The highest BCUT2D eigenvalue weighted by Gasteiger charge is 2.24. The first-order valence-corrected chi connectivity index (χ1v) is 7.06. The van der Waals surface area contributed by atoms with Gasteiger partial charge in [0.1, 0.15) is 5.69 Å². The van der Waals surface area contributed by atoms with Crippen LogP contribution in [0.5, 0.6) is 0 Å². The molecule has 1 aromatic rings. The monoisotopic (exact) mass is 361 g/mol. The minimum atomic E-state index is -0.291. The number of nitro benzene ring substituents is 1. The van der Waals surface area contributed by atoms with Crippen LogP contribution < -0.4 is 10.2 Å². The van der Waals surface area contributed by atoms with E-state index in [-0.39, 0.29) is 10.6 Å². The van der Waals surface area contributed by atoms with Crippen molar-refractivity contribution in [1.29, 1.82) is 0 Å². The summed E-state index contributed by atoms with van der Waals surface area (Å²) < 4.78 is 0.894. The van der Waals surface area contributed by atoms with E-state index in [1.165, 1.54) is 0 Å². The van der Waals surface area contributed by atoms with Crippen LogP contribution in [0.25, 0.3) is 0 Å². The summed E-state index contributed by atoms with van der Waals surface area (Å²) >= 11 is 2.10. The van der Waals surface area contributed by atoms with Crippen LogP contribution in [0.3, 0.4) is 0 Å². The molecule has 1 heterocycles. The zero-order valence-corrected chi connectivity index (χ0v) is 12.4. The molecule has 1 fully saturated rings. The third-order valence-electron chi connectivity index (χ3n) is 3.30. The van der Waals surface area contributed by atoms with E-state index in [0.717, 1.165) is 35.2 Å². The van der Waals surface area contributed by atoms with Gasteiger partial charge in [-0.15, -0.1) is 0 Å². The number of piperidine rings is 1. The molecule has 18 heavy (non-hydrogen) atoms. The molecule has 1 saturated heterocycles. The smallest absolute Gasteiger partial charge is 0.293 e. The molecular weight excluding hydrogens is 345 g/mol. The van der Waals surface area contributed by atoms with Crippen molar-refractivity contribution in [1.82, 2.24) is 5.32 Å². The molecule has 1 aromatic carbocycles. The Labute approximate surface area is 120 Å². The average Bonchev–Trinajstić information content (AvgIpc) is 2.38. The van der Waals surface area contributed by atoms with Gasteiger partial charge in [0.05, 0.1) is 4.92 Å². The lowest BCUT2D eigenvalue weighted by molar-refractivity contribution is -0.384. The maximum absolute atomic E-state index is 11.1. The molecule has 6 heteroatoms. The predicted molar refractivity (Wildman–Crippen MR) is 80.1 cm³/mol. The van der Waals surface area contributed by atoms with Gasteiger partial charge < -0.3 is 10.2 Å². The lowest BCUT2D eigenvalue weighted by Crippen LogP contribution is -2.44. The summed E-state index contributed by atoms with van der Waals surface area (Å²) in [5.41, 5.74) is 0.944. The van der Waals surface area contributed by atoms with Crippen LogP contribution in [0.1, 0.15) is 12.8 Å². The molecule has 0 spiro atoms. The topological polar surface area (TPSA) is 58.4 Å². The number of nitrogens with one attached hydrogen (secondary N) is 1. The summed E-state index contributed by atoms with van der Waals surface area (Å²) in [6.07, 6.45) is 2.19. The Morgan fingerprint density at radius 3 is 3.00 bits per heavy atom. The second-order valence-corrected chi connectivity index (χ2v) is 5.71. The molecule has 0 radical (unpaired) electrons. The SMILES string of the molecule is CNC1CCCN(c2ccc(I)cc2[N+](=O)[O-])C1. The Morgan fingerprint density at radius 2 is 2.33 bits per heavy atom. The van der Waals surface area contributed by atoms with E-state index in [1.54, 1.807) is 6.07 Å².